The Bertz CT molecular complexity index is 614. The number of rotatable bonds is 5. The van der Waals surface area contributed by atoms with Crippen LogP contribution in [0.3, 0.4) is 0 Å². The molecular weight excluding hydrogens is 294 g/mol. The third-order valence-electron chi connectivity index (χ3n) is 4.07. The zero-order valence-corrected chi connectivity index (χ0v) is 13.4. The summed E-state index contributed by atoms with van der Waals surface area (Å²) in [5, 5.41) is 7.11. The number of nitrogens with one attached hydrogen (secondary N) is 1. The highest BCUT2D eigenvalue weighted by Crippen LogP contribution is 2.09. The molecule has 23 heavy (non-hydrogen) atoms. The van der Waals surface area contributed by atoms with Gasteiger partial charge in [-0.15, -0.1) is 0 Å². The number of carbonyl (C=O) groups excluding carboxylic acids is 1. The molecule has 0 bridgehead atoms. The first kappa shape index (κ1) is 15.6. The summed E-state index contributed by atoms with van der Waals surface area (Å²) >= 11 is 0. The van der Waals surface area contributed by atoms with Gasteiger partial charge in [-0.05, 0) is 24.1 Å². The summed E-state index contributed by atoms with van der Waals surface area (Å²) in [6.07, 6.45) is 6.30. The zero-order valence-electron chi connectivity index (χ0n) is 13.4. The van der Waals surface area contributed by atoms with Gasteiger partial charge in [0.05, 0.1) is 19.0 Å². The lowest BCUT2D eigenvalue weighted by atomic mass is 10.2. The van der Waals surface area contributed by atoms with Crippen LogP contribution >= 0.6 is 0 Å². The van der Waals surface area contributed by atoms with Crippen molar-refractivity contribution in [3.63, 3.8) is 0 Å². The molecule has 1 aliphatic rings. The Kier molecular flexibility index (Phi) is 4.97. The van der Waals surface area contributed by atoms with E-state index in [1.165, 1.54) is 0 Å². The van der Waals surface area contributed by atoms with Gasteiger partial charge in [-0.25, -0.2) is 4.79 Å². The predicted molar refractivity (Wildman–Crippen MR) is 85.9 cm³/mol. The summed E-state index contributed by atoms with van der Waals surface area (Å²) < 4.78 is 7.14. The van der Waals surface area contributed by atoms with Crippen LogP contribution in [0.5, 0.6) is 0 Å². The van der Waals surface area contributed by atoms with Crippen LogP contribution < -0.4 is 5.32 Å². The molecule has 2 aromatic rings. The van der Waals surface area contributed by atoms with Gasteiger partial charge in [0.25, 0.3) is 0 Å². The highest BCUT2D eigenvalue weighted by Gasteiger charge is 2.21. The minimum Gasteiger partial charge on any atom is -0.468 e. The summed E-state index contributed by atoms with van der Waals surface area (Å²) in [5.74, 6) is 0.972. The number of piperazine rings is 1. The number of aryl methyl sites for hydroxylation is 1. The summed E-state index contributed by atoms with van der Waals surface area (Å²) in [4.78, 5) is 16.4. The van der Waals surface area contributed by atoms with Crippen LogP contribution in [0.2, 0.25) is 0 Å². The van der Waals surface area contributed by atoms with E-state index in [0.717, 1.165) is 50.5 Å². The molecule has 0 aliphatic carbocycles. The number of hydrogen-bond acceptors (Lipinski definition) is 4. The van der Waals surface area contributed by atoms with Crippen LogP contribution in [0.4, 0.5) is 4.79 Å². The second-order valence-electron chi connectivity index (χ2n) is 5.85. The van der Waals surface area contributed by atoms with E-state index in [9.17, 15) is 4.79 Å². The molecular formula is C16H23N5O2. The van der Waals surface area contributed by atoms with Crippen molar-refractivity contribution in [3.05, 3.63) is 42.1 Å². The molecule has 3 heterocycles. The number of furan rings is 1. The Morgan fingerprint density at radius 2 is 2.17 bits per heavy atom. The summed E-state index contributed by atoms with van der Waals surface area (Å²) in [6, 6.07) is 3.91. The molecule has 0 saturated carbocycles. The van der Waals surface area contributed by atoms with Gasteiger partial charge < -0.3 is 14.6 Å². The highest BCUT2D eigenvalue weighted by molar-refractivity contribution is 5.74. The first-order chi connectivity index (χ1) is 11.2. The van der Waals surface area contributed by atoms with Crippen molar-refractivity contribution in [1.82, 2.24) is 24.9 Å². The molecule has 1 saturated heterocycles. The zero-order chi connectivity index (χ0) is 16.1. The van der Waals surface area contributed by atoms with Gasteiger partial charge in [0.1, 0.15) is 5.76 Å². The van der Waals surface area contributed by atoms with Crippen LogP contribution in [0.15, 0.2) is 35.2 Å². The third-order valence-corrected chi connectivity index (χ3v) is 4.07. The van der Waals surface area contributed by atoms with E-state index in [0.29, 0.717) is 6.54 Å². The van der Waals surface area contributed by atoms with E-state index in [2.05, 4.69) is 15.3 Å². The van der Waals surface area contributed by atoms with Gasteiger partial charge >= 0.3 is 6.03 Å². The third kappa shape index (κ3) is 4.35. The van der Waals surface area contributed by atoms with Crippen molar-refractivity contribution in [1.29, 1.82) is 0 Å². The van der Waals surface area contributed by atoms with Crippen LogP contribution in [-0.4, -0.2) is 58.3 Å². The summed E-state index contributed by atoms with van der Waals surface area (Å²) in [7, 11) is 1.89. The normalized spacial score (nSPS) is 15.8. The number of hydrogen-bond donors (Lipinski definition) is 1. The second kappa shape index (κ2) is 7.32. The van der Waals surface area contributed by atoms with Crippen molar-refractivity contribution in [2.75, 3.05) is 32.7 Å². The molecule has 7 nitrogen and oxygen atoms in total. The Balaban J connectivity index is 1.36. The molecule has 1 N–H and O–H groups in total. The van der Waals surface area contributed by atoms with Crippen LogP contribution in [0.1, 0.15) is 11.3 Å². The smallest absolute Gasteiger partial charge is 0.317 e. The molecule has 0 atom stereocenters. The fourth-order valence-electron chi connectivity index (χ4n) is 2.76. The molecule has 7 heteroatoms. The minimum atomic E-state index is 0.0199. The van der Waals surface area contributed by atoms with Gasteiger partial charge in [-0.2, -0.15) is 5.10 Å². The van der Waals surface area contributed by atoms with Gasteiger partial charge in [0.15, 0.2) is 0 Å². The molecule has 0 unspecified atom stereocenters. The number of urea groups is 1. The Morgan fingerprint density at radius 1 is 1.35 bits per heavy atom. The van der Waals surface area contributed by atoms with Crippen molar-refractivity contribution >= 4 is 6.03 Å². The van der Waals surface area contributed by atoms with Crippen molar-refractivity contribution in [2.45, 2.75) is 13.0 Å². The van der Waals surface area contributed by atoms with Crippen LogP contribution in [0, 0.1) is 0 Å². The molecule has 124 valence electrons. The second-order valence-corrected chi connectivity index (χ2v) is 5.85. The van der Waals surface area contributed by atoms with E-state index >= 15 is 0 Å². The molecule has 0 radical (unpaired) electrons. The van der Waals surface area contributed by atoms with E-state index in [4.69, 9.17) is 4.42 Å². The van der Waals surface area contributed by atoms with Crippen molar-refractivity contribution in [2.24, 2.45) is 7.05 Å². The average molecular weight is 317 g/mol. The fourth-order valence-corrected chi connectivity index (χ4v) is 2.76. The SMILES string of the molecule is Cn1cc(CCNC(=O)N2CCN(Cc3ccco3)CC2)cn1. The number of nitrogens with zero attached hydrogens (tertiary/aromatic N) is 4. The lowest BCUT2D eigenvalue weighted by Crippen LogP contribution is -2.51. The monoisotopic (exact) mass is 317 g/mol. The van der Waals surface area contributed by atoms with E-state index < -0.39 is 0 Å². The van der Waals surface area contributed by atoms with Crippen molar-refractivity contribution in [3.8, 4) is 0 Å². The highest BCUT2D eigenvalue weighted by atomic mass is 16.3. The molecule has 3 rings (SSSR count). The molecule has 0 spiro atoms. The maximum absolute atomic E-state index is 12.2. The molecule has 1 fully saturated rings. The standard InChI is InChI=1S/C16H23N5O2/c1-19-12-14(11-18-19)4-5-17-16(22)21-8-6-20(7-9-21)13-15-3-2-10-23-15/h2-3,10-12H,4-9,13H2,1H3,(H,17,22). The summed E-state index contributed by atoms with van der Waals surface area (Å²) in [5.41, 5.74) is 1.14. The number of aromatic nitrogens is 2. The van der Waals surface area contributed by atoms with Gasteiger partial charge in [0, 0.05) is 46.0 Å². The van der Waals surface area contributed by atoms with Gasteiger partial charge in [-0.3, -0.25) is 9.58 Å². The first-order valence-corrected chi connectivity index (χ1v) is 7.96. The molecule has 0 aromatic carbocycles. The lowest BCUT2D eigenvalue weighted by Gasteiger charge is -2.34. The Hall–Kier alpha value is -2.28. The quantitative estimate of drug-likeness (QED) is 0.896. The molecule has 2 aromatic heterocycles. The number of amides is 2. The number of carbonyl (C=O) groups is 1. The topological polar surface area (TPSA) is 66.5 Å². The maximum atomic E-state index is 12.2. The molecule has 2 amide bonds. The van der Waals surface area contributed by atoms with Crippen LogP contribution in [0.25, 0.3) is 0 Å². The Labute approximate surface area is 135 Å². The Morgan fingerprint density at radius 3 is 2.83 bits per heavy atom. The molecule has 1 aliphatic heterocycles. The average Bonchev–Trinajstić information content (AvgIpc) is 3.20. The van der Waals surface area contributed by atoms with Gasteiger partial charge in [-0.1, -0.05) is 0 Å². The van der Waals surface area contributed by atoms with Gasteiger partial charge in [0.2, 0.25) is 0 Å². The lowest BCUT2D eigenvalue weighted by molar-refractivity contribution is 0.130. The van der Waals surface area contributed by atoms with E-state index in [1.54, 1.807) is 10.9 Å². The largest absolute Gasteiger partial charge is 0.468 e. The predicted octanol–water partition coefficient (Wildman–Crippen LogP) is 1.08. The summed E-state index contributed by atoms with van der Waals surface area (Å²) in [6.45, 7) is 4.69. The fraction of sp³-hybridized carbons (Fsp3) is 0.500. The van der Waals surface area contributed by atoms with Crippen LogP contribution in [-0.2, 0) is 20.0 Å². The first-order valence-electron chi connectivity index (χ1n) is 7.96. The maximum Gasteiger partial charge on any atom is 0.317 e. The van der Waals surface area contributed by atoms with E-state index in [-0.39, 0.29) is 6.03 Å². The minimum absolute atomic E-state index is 0.0199. The van der Waals surface area contributed by atoms with Crippen molar-refractivity contribution < 1.29 is 9.21 Å². The van der Waals surface area contributed by atoms with E-state index in [1.807, 2.05) is 36.5 Å².